The molecule has 3 aromatic rings. The van der Waals surface area contributed by atoms with Gasteiger partial charge in [-0.15, -0.1) is 0 Å². The van der Waals surface area contributed by atoms with E-state index in [1.165, 1.54) is 24.3 Å². The number of primary amides is 1. The zero-order valence-corrected chi connectivity index (χ0v) is 18.5. The quantitative estimate of drug-likeness (QED) is 0.581. The van der Waals surface area contributed by atoms with Gasteiger partial charge in [-0.2, -0.15) is 0 Å². The Morgan fingerprint density at radius 3 is 2.59 bits per heavy atom. The Morgan fingerprint density at radius 1 is 1.25 bits per heavy atom. The number of rotatable bonds is 6. The van der Waals surface area contributed by atoms with Gasteiger partial charge in [-0.1, -0.05) is 37.3 Å². The van der Waals surface area contributed by atoms with Crippen LogP contribution in [0.15, 0.2) is 52.9 Å². The number of halogens is 1. The molecule has 1 saturated heterocycles. The fraction of sp³-hybridized carbons (Fsp3) is 0.318. The van der Waals surface area contributed by atoms with Crippen molar-refractivity contribution in [1.29, 1.82) is 0 Å². The van der Waals surface area contributed by atoms with Gasteiger partial charge in [0.15, 0.2) is 16.8 Å². The van der Waals surface area contributed by atoms with Crippen molar-refractivity contribution in [3.63, 3.8) is 0 Å². The molecule has 4 rings (SSSR count). The number of furan rings is 1. The summed E-state index contributed by atoms with van der Waals surface area (Å²) in [5.74, 6) is -1.12. The van der Waals surface area contributed by atoms with Crippen molar-refractivity contribution in [3.05, 3.63) is 71.2 Å². The molecule has 1 aliphatic rings. The molecule has 2 atom stereocenters. The number of morpholine rings is 1. The third kappa shape index (κ3) is 3.79. The lowest BCUT2D eigenvalue weighted by Crippen LogP contribution is -2.57. The Hall–Kier alpha value is -2.79. The van der Waals surface area contributed by atoms with Crippen LogP contribution in [0.5, 0.6) is 0 Å². The van der Waals surface area contributed by atoms with Crippen molar-refractivity contribution < 1.29 is 26.8 Å². The number of benzene rings is 2. The highest BCUT2D eigenvalue weighted by Crippen LogP contribution is 2.44. The molecule has 2 heterocycles. The van der Waals surface area contributed by atoms with E-state index in [0.29, 0.717) is 16.5 Å². The van der Waals surface area contributed by atoms with Crippen molar-refractivity contribution in [3.8, 4) is 0 Å². The van der Waals surface area contributed by atoms with E-state index >= 15 is 0 Å². The van der Waals surface area contributed by atoms with E-state index in [1.807, 2.05) is 0 Å². The molecular weight excluding hydrogens is 437 g/mol. The molecular formula is C22H24FN3O5S. The Balaban J connectivity index is 2.00. The van der Waals surface area contributed by atoms with Crippen LogP contribution in [-0.4, -0.2) is 51.3 Å². The number of ether oxygens (including phenoxy) is 1. The monoisotopic (exact) mass is 461 g/mol. The van der Waals surface area contributed by atoms with E-state index in [4.69, 9.17) is 14.9 Å². The number of nitrogens with zero attached hydrogens (tertiary/aromatic N) is 1. The summed E-state index contributed by atoms with van der Waals surface area (Å²) in [6.07, 6.45) is 0. The van der Waals surface area contributed by atoms with Gasteiger partial charge in [0.2, 0.25) is 10.0 Å². The van der Waals surface area contributed by atoms with Gasteiger partial charge < -0.3 is 14.9 Å². The number of hydrogen-bond donors (Lipinski definition) is 2. The summed E-state index contributed by atoms with van der Waals surface area (Å²) >= 11 is 0. The maximum atomic E-state index is 13.7. The van der Waals surface area contributed by atoms with Crippen LogP contribution in [0.4, 0.5) is 4.39 Å². The second-order valence-corrected chi connectivity index (χ2v) is 9.69. The Bertz CT molecular complexity index is 1260. The number of fused-ring (bicyclic) bond motifs is 1. The number of likely N-dealkylation sites (N-methyl/N-ethyl adjacent to an activating group) is 1. The first-order valence-corrected chi connectivity index (χ1v) is 11.7. The summed E-state index contributed by atoms with van der Waals surface area (Å²) in [5.41, 5.74) is 3.86. The summed E-state index contributed by atoms with van der Waals surface area (Å²) < 4.78 is 54.3. The number of carbonyl (C=O) groups excluding carboxylic acids is 1. The molecule has 2 aromatic carbocycles. The number of carbonyl (C=O) groups is 1. The SMILES string of the molecule is CCNS(=O)(=O)C1CN(C)CC(c2ccc(F)cc2)(c2oc3ccccc3c2C(N)=O)O1. The Morgan fingerprint density at radius 2 is 1.94 bits per heavy atom. The molecule has 2 unspecified atom stereocenters. The number of para-hydroxylation sites is 1. The zero-order chi connectivity index (χ0) is 23.1. The molecule has 32 heavy (non-hydrogen) atoms. The molecule has 0 aliphatic carbocycles. The van der Waals surface area contributed by atoms with Gasteiger partial charge in [-0.25, -0.2) is 17.5 Å². The lowest BCUT2D eigenvalue weighted by Gasteiger charge is -2.44. The maximum Gasteiger partial charge on any atom is 0.253 e. The molecule has 10 heteroatoms. The average molecular weight is 462 g/mol. The third-order valence-corrected chi connectivity index (χ3v) is 7.13. The molecule has 3 N–H and O–H groups in total. The number of sulfonamides is 1. The zero-order valence-electron chi connectivity index (χ0n) is 17.7. The number of nitrogens with one attached hydrogen (secondary N) is 1. The van der Waals surface area contributed by atoms with Gasteiger partial charge in [0, 0.05) is 25.0 Å². The fourth-order valence-electron chi connectivity index (χ4n) is 4.16. The van der Waals surface area contributed by atoms with Crippen LogP contribution >= 0.6 is 0 Å². The normalized spacial score (nSPS) is 22.3. The van der Waals surface area contributed by atoms with Crippen LogP contribution in [0.1, 0.15) is 28.6 Å². The van der Waals surface area contributed by atoms with Crippen molar-refractivity contribution in [2.24, 2.45) is 5.73 Å². The summed E-state index contributed by atoms with van der Waals surface area (Å²) in [7, 11) is -2.13. The molecule has 1 aromatic heterocycles. The minimum absolute atomic E-state index is 0.0843. The highest BCUT2D eigenvalue weighted by atomic mass is 32.2. The molecule has 0 bridgehead atoms. The van der Waals surface area contributed by atoms with Crippen LogP contribution in [0, 0.1) is 5.82 Å². The Kier molecular flexibility index (Phi) is 5.80. The van der Waals surface area contributed by atoms with Crippen LogP contribution in [0.25, 0.3) is 11.0 Å². The standard InChI is InChI=1S/C22H24FN3O5S/c1-3-25-32(28,29)18-12-26(2)13-22(31-18,14-8-10-15(23)11-9-14)20-19(21(24)27)16-6-4-5-7-17(16)30-20/h4-11,18,25H,3,12-13H2,1-2H3,(H2,24,27). The van der Waals surface area contributed by atoms with Gasteiger partial charge in [-0.3, -0.25) is 9.69 Å². The second-order valence-electron chi connectivity index (χ2n) is 7.79. The van der Waals surface area contributed by atoms with Crippen molar-refractivity contribution in [1.82, 2.24) is 9.62 Å². The first kappa shape index (κ1) is 22.4. The summed E-state index contributed by atoms with van der Waals surface area (Å²) in [6.45, 7) is 2.09. The topological polar surface area (TPSA) is 115 Å². The highest BCUT2D eigenvalue weighted by Gasteiger charge is 2.50. The van der Waals surface area contributed by atoms with E-state index in [-0.39, 0.29) is 31.0 Å². The lowest BCUT2D eigenvalue weighted by molar-refractivity contribution is -0.111. The van der Waals surface area contributed by atoms with Crippen molar-refractivity contribution in [2.45, 2.75) is 18.0 Å². The predicted molar refractivity (Wildman–Crippen MR) is 117 cm³/mol. The first-order valence-electron chi connectivity index (χ1n) is 10.1. The molecule has 170 valence electrons. The molecule has 8 nitrogen and oxygen atoms in total. The van der Waals surface area contributed by atoms with E-state index in [0.717, 1.165) is 0 Å². The smallest absolute Gasteiger partial charge is 0.253 e. The van der Waals surface area contributed by atoms with E-state index in [2.05, 4.69) is 4.72 Å². The molecule has 1 fully saturated rings. The highest BCUT2D eigenvalue weighted by molar-refractivity contribution is 7.90. The summed E-state index contributed by atoms with van der Waals surface area (Å²) in [4.78, 5) is 14.3. The first-order chi connectivity index (χ1) is 15.2. The lowest BCUT2D eigenvalue weighted by atomic mass is 9.86. The van der Waals surface area contributed by atoms with Gasteiger partial charge in [-0.05, 0) is 30.8 Å². The molecule has 1 aliphatic heterocycles. The minimum Gasteiger partial charge on any atom is -0.457 e. The number of hydrogen-bond acceptors (Lipinski definition) is 6. The maximum absolute atomic E-state index is 13.7. The van der Waals surface area contributed by atoms with Crippen molar-refractivity contribution in [2.75, 3.05) is 26.7 Å². The van der Waals surface area contributed by atoms with E-state index < -0.39 is 32.8 Å². The molecule has 1 amide bonds. The van der Waals surface area contributed by atoms with Crippen LogP contribution < -0.4 is 10.5 Å². The number of nitrogens with two attached hydrogens (primary N) is 1. The van der Waals surface area contributed by atoms with Gasteiger partial charge in [0.05, 0.1) is 5.56 Å². The number of amides is 1. The summed E-state index contributed by atoms with van der Waals surface area (Å²) in [5, 5.41) is 0.486. The molecule has 0 saturated carbocycles. The van der Waals surface area contributed by atoms with Gasteiger partial charge in [0.25, 0.3) is 5.91 Å². The van der Waals surface area contributed by atoms with Gasteiger partial charge in [0.1, 0.15) is 11.4 Å². The van der Waals surface area contributed by atoms with Gasteiger partial charge >= 0.3 is 0 Å². The predicted octanol–water partition coefficient (Wildman–Crippen LogP) is 2.14. The van der Waals surface area contributed by atoms with Crippen LogP contribution in [0.3, 0.4) is 0 Å². The second kappa shape index (κ2) is 8.28. The molecule has 0 spiro atoms. The van der Waals surface area contributed by atoms with Crippen LogP contribution in [-0.2, 0) is 20.4 Å². The minimum atomic E-state index is -3.87. The van der Waals surface area contributed by atoms with E-state index in [1.54, 1.807) is 43.1 Å². The molecule has 0 radical (unpaired) electrons. The summed E-state index contributed by atoms with van der Waals surface area (Å²) in [6, 6.07) is 12.3. The van der Waals surface area contributed by atoms with Crippen molar-refractivity contribution >= 4 is 26.9 Å². The van der Waals surface area contributed by atoms with Crippen LogP contribution in [0.2, 0.25) is 0 Å². The Labute approximate surface area is 185 Å². The van der Waals surface area contributed by atoms with E-state index in [9.17, 15) is 17.6 Å². The fourth-order valence-corrected chi connectivity index (χ4v) is 5.49. The average Bonchev–Trinajstić information content (AvgIpc) is 3.14. The largest absolute Gasteiger partial charge is 0.457 e. The third-order valence-electron chi connectivity index (χ3n) is 5.50.